The van der Waals surface area contributed by atoms with E-state index in [9.17, 15) is 9.59 Å². The van der Waals surface area contributed by atoms with Crippen molar-refractivity contribution in [3.63, 3.8) is 0 Å². The van der Waals surface area contributed by atoms with Gasteiger partial charge < -0.3 is 14.2 Å². The number of unbranched alkanes of at least 4 members (excludes halogenated alkanes) is 9. The number of hydrogen-bond acceptors (Lipinski definition) is 5. The molecule has 0 aliphatic rings. The van der Waals surface area contributed by atoms with Gasteiger partial charge in [-0.25, -0.2) is 9.59 Å². The van der Waals surface area contributed by atoms with Crippen molar-refractivity contribution in [3.05, 3.63) is 35.4 Å². The molecule has 0 saturated carbocycles. The van der Waals surface area contributed by atoms with Gasteiger partial charge in [0, 0.05) is 0 Å². The molecular formula is C24H36O5. The fourth-order valence-electron chi connectivity index (χ4n) is 3.01. The van der Waals surface area contributed by atoms with Crippen LogP contribution >= 0.6 is 0 Å². The number of rotatable bonds is 15. The number of esters is 2. The number of benzene rings is 1. The van der Waals surface area contributed by atoms with Gasteiger partial charge in [-0.15, -0.1) is 0 Å². The first kappa shape index (κ1) is 24.7. The molecule has 29 heavy (non-hydrogen) atoms. The van der Waals surface area contributed by atoms with Gasteiger partial charge in [-0.05, 0) is 30.2 Å². The Labute approximate surface area is 175 Å². The van der Waals surface area contributed by atoms with Crippen LogP contribution < -0.4 is 4.74 Å². The van der Waals surface area contributed by atoms with E-state index in [0.717, 1.165) is 19.3 Å². The highest BCUT2D eigenvalue weighted by molar-refractivity contribution is 6.17. The van der Waals surface area contributed by atoms with Crippen molar-refractivity contribution in [1.82, 2.24) is 0 Å². The van der Waals surface area contributed by atoms with E-state index in [0.29, 0.717) is 17.9 Å². The Hall–Kier alpha value is -2.30. The van der Waals surface area contributed by atoms with Crippen LogP contribution in [-0.4, -0.2) is 32.8 Å². The van der Waals surface area contributed by atoms with Crippen LogP contribution in [-0.2, 0) is 19.1 Å². The van der Waals surface area contributed by atoms with Gasteiger partial charge in [0.2, 0.25) is 0 Å². The first-order chi connectivity index (χ1) is 14.1. The zero-order chi connectivity index (χ0) is 21.3. The van der Waals surface area contributed by atoms with Crippen LogP contribution in [0.1, 0.15) is 76.7 Å². The third-order valence-corrected chi connectivity index (χ3v) is 4.78. The largest absolute Gasteiger partial charge is 0.497 e. The van der Waals surface area contributed by atoms with Crippen LogP contribution in [0, 0.1) is 0 Å². The lowest BCUT2D eigenvalue weighted by Crippen LogP contribution is -2.17. The van der Waals surface area contributed by atoms with Crippen LogP contribution in [0.5, 0.6) is 5.75 Å². The van der Waals surface area contributed by atoms with E-state index < -0.39 is 11.9 Å². The number of ether oxygens (including phenoxy) is 3. The zero-order valence-corrected chi connectivity index (χ0v) is 18.2. The molecule has 0 bridgehead atoms. The van der Waals surface area contributed by atoms with Crippen LogP contribution in [0.2, 0.25) is 0 Å². The highest BCUT2D eigenvalue weighted by Crippen LogP contribution is 2.16. The minimum atomic E-state index is -0.700. The lowest BCUT2D eigenvalue weighted by molar-refractivity contribution is -0.145. The van der Waals surface area contributed by atoms with E-state index in [1.54, 1.807) is 31.4 Å². The van der Waals surface area contributed by atoms with Gasteiger partial charge in [0.25, 0.3) is 0 Å². The Morgan fingerprint density at radius 2 is 1.34 bits per heavy atom. The van der Waals surface area contributed by atoms with Crippen molar-refractivity contribution in [2.24, 2.45) is 0 Å². The fourth-order valence-corrected chi connectivity index (χ4v) is 3.01. The van der Waals surface area contributed by atoms with Gasteiger partial charge >= 0.3 is 11.9 Å². The lowest BCUT2D eigenvalue weighted by atomic mass is 10.1. The normalized spacial score (nSPS) is 11.2. The summed E-state index contributed by atoms with van der Waals surface area (Å²) in [6, 6.07) is 7.04. The van der Waals surface area contributed by atoms with Crippen molar-refractivity contribution in [3.8, 4) is 5.75 Å². The van der Waals surface area contributed by atoms with Gasteiger partial charge in [0.1, 0.15) is 11.3 Å². The summed E-state index contributed by atoms with van der Waals surface area (Å²) in [5.74, 6) is -0.650. The summed E-state index contributed by atoms with van der Waals surface area (Å²) >= 11 is 0. The van der Waals surface area contributed by atoms with Crippen LogP contribution in [0.25, 0.3) is 6.08 Å². The maximum atomic E-state index is 12.3. The van der Waals surface area contributed by atoms with Crippen LogP contribution in [0.3, 0.4) is 0 Å². The maximum Gasteiger partial charge on any atom is 0.345 e. The van der Waals surface area contributed by atoms with Gasteiger partial charge in [0.05, 0.1) is 20.8 Å². The minimum absolute atomic E-state index is 0.107. The first-order valence-corrected chi connectivity index (χ1v) is 10.7. The SMILES string of the molecule is CCCCCCCCCCCCOC(=O)C(=Cc1ccc(OC)cc1)C(=O)OC. The molecule has 0 aliphatic heterocycles. The predicted octanol–water partition coefficient (Wildman–Crippen LogP) is 5.72. The molecule has 162 valence electrons. The summed E-state index contributed by atoms with van der Waals surface area (Å²) in [5.41, 5.74) is 0.590. The second-order valence-electron chi connectivity index (χ2n) is 7.14. The standard InChI is InChI=1S/C24H36O5/c1-4-5-6-7-8-9-10-11-12-13-18-29-24(26)22(23(25)28-3)19-20-14-16-21(27-2)17-15-20/h14-17,19H,4-13,18H2,1-3H3. The summed E-state index contributed by atoms with van der Waals surface area (Å²) in [5, 5.41) is 0. The average Bonchev–Trinajstić information content (AvgIpc) is 2.75. The van der Waals surface area contributed by atoms with Gasteiger partial charge in [-0.1, -0.05) is 76.8 Å². The van der Waals surface area contributed by atoms with E-state index >= 15 is 0 Å². The molecule has 5 heteroatoms. The molecule has 0 aromatic heterocycles. The quantitative estimate of drug-likeness (QED) is 0.123. The predicted molar refractivity (Wildman–Crippen MR) is 116 cm³/mol. The van der Waals surface area contributed by atoms with E-state index in [4.69, 9.17) is 14.2 Å². The molecular weight excluding hydrogens is 368 g/mol. The van der Waals surface area contributed by atoms with Crippen molar-refractivity contribution < 1.29 is 23.8 Å². The molecule has 0 atom stereocenters. The second-order valence-corrected chi connectivity index (χ2v) is 7.14. The molecule has 1 aromatic carbocycles. The molecule has 1 aromatic rings. The molecule has 0 spiro atoms. The topological polar surface area (TPSA) is 61.8 Å². The average molecular weight is 405 g/mol. The maximum absolute atomic E-state index is 12.3. The molecule has 0 amide bonds. The van der Waals surface area contributed by atoms with Gasteiger partial charge in [-0.2, -0.15) is 0 Å². The summed E-state index contributed by atoms with van der Waals surface area (Å²) < 4.78 is 15.1. The highest BCUT2D eigenvalue weighted by atomic mass is 16.5. The van der Waals surface area contributed by atoms with E-state index in [1.165, 1.54) is 58.1 Å². The van der Waals surface area contributed by atoms with Gasteiger partial charge in [0.15, 0.2) is 0 Å². The number of methoxy groups -OCH3 is 2. The van der Waals surface area contributed by atoms with Crippen LogP contribution in [0.15, 0.2) is 29.8 Å². The minimum Gasteiger partial charge on any atom is -0.497 e. The van der Waals surface area contributed by atoms with Crippen molar-refractivity contribution in [2.75, 3.05) is 20.8 Å². The first-order valence-electron chi connectivity index (χ1n) is 10.7. The van der Waals surface area contributed by atoms with Crippen molar-refractivity contribution >= 4 is 18.0 Å². The molecule has 0 unspecified atom stereocenters. The second kappa shape index (κ2) is 15.6. The van der Waals surface area contributed by atoms with Gasteiger partial charge in [-0.3, -0.25) is 0 Å². The van der Waals surface area contributed by atoms with Crippen molar-refractivity contribution in [2.45, 2.75) is 71.1 Å². The van der Waals surface area contributed by atoms with E-state index in [1.807, 2.05) is 0 Å². The molecule has 0 N–H and O–H groups in total. The number of carbonyl (C=O) groups excluding carboxylic acids is 2. The lowest BCUT2D eigenvalue weighted by Gasteiger charge is -2.08. The van der Waals surface area contributed by atoms with Crippen LogP contribution in [0.4, 0.5) is 0 Å². The number of carbonyl (C=O) groups is 2. The summed E-state index contributed by atoms with van der Waals surface area (Å²) in [4.78, 5) is 24.3. The smallest absolute Gasteiger partial charge is 0.345 e. The van der Waals surface area contributed by atoms with E-state index in [2.05, 4.69) is 6.92 Å². The van der Waals surface area contributed by atoms with E-state index in [-0.39, 0.29) is 5.57 Å². The summed E-state index contributed by atoms with van der Waals surface area (Å²) in [6.07, 6.45) is 13.6. The number of hydrogen-bond donors (Lipinski definition) is 0. The molecule has 0 aliphatic carbocycles. The molecule has 0 radical (unpaired) electrons. The molecule has 0 fully saturated rings. The Kier molecular flexibility index (Phi) is 13.3. The van der Waals surface area contributed by atoms with Crippen molar-refractivity contribution in [1.29, 1.82) is 0 Å². The molecule has 5 nitrogen and oxygen atoms in total. The molecule has 1 rings (SSSR count). The highest BCUT2D eigenvalue weighted by Gasteiger charge is 2.20. The summed E-state index contributed by atoms with van der Waals surface area (Å²) in [7, 11) is 2.83. The Morgan fingerprint density at radius 3 is 1.86 bits per heavy atom. The zero-order valence-electron chi connectivity index (χ0n) is 18.2. The Balaban J connectivity index is 2.34. The Morgan fingerprint density at radius 1 is 0.793 bits per heavy atom. The molecule has 0 saturated heterocycles. The monoisotopic (exact) mass is 404 g/mol. The summed E-state index contributed by atoms with van der Waals surface area (Å²) in [6.45, 7) is 2.54. The third-order valence-electron chi connectivity index (χ3n) is 4.78. The Bertz CT molecular complexity index is 619. The molecule has 0 heterocycles. The third kappa shape index (κ3) is 10.7. The fraction of sp³-hybridized carbons (Fsp3) is 0.583.